The highest BCUT2D eigenvalue weighted by Crippen LogP contribution is 2.31. The summed E-state index contributed by atoms with van der Waals surface area (Å²) in [6, 6.07) is 26.6. The number of anilines is 2. The molecule has 2 aliphatic heterocycles. The molecule has 13 nitrogen and oxygen atoms in total. The summed E-state index contributed by atoms with van der Waals surface area (Å²) in [4.78, 5) is 35.8. The van der Waals surface area contributed by atoms with Crippen LogP contribution in [0.1, 0.15) is 28.8 Å². The van der Waals surface area contributed by atoms with Gasteiger partial charge in [-0.15, -0.1) is 11.3 Å². The van der Waals surface area contributed by atoms with Gasteiger partial charge < -0.3 is 15.0 Å². The van der Waals surface area contributed by atoms with Crippen LogP contribution in [-0.4, -0.2) is 105 Å². The topological polar surface area (TPSA) is 150 Å². The number of nitro benzene ring substituents is 1. The third-order valence-electron chi connectivity index (χ3n) is 10.5. The number of nitro groups is 1. The number of benzene rings is 4. The minimum absolute atomic E-state index is 0.124. The molecule has 59 heavy (non-hydrogen) atoms. The minimum atomic E-state index is -4.44. The van der Waals surface area contributed by atoms with E-state index in [0.717, 1.165) is 86.2 Å². The third-order valence-corrected chi connectivity index (χ3v) is 14.1. The quantitative estimate of drug-likeness (QED) is 0.0541. The molecule has 0 saturated carbocycles. The van der Waals surface area contributed by atoms with Gasteiger partial charge >= 0.3 is 0 Å². The number of amides is 1. The first kappa shape index (κ1) is 42.6. The van der Waals surface area contributed by atoms with Crippen molar-refractivity contribution in [2.24, 2.45) is 0 Å². The number of piperazine rings is 1. The lowest BCUT2D eigenvalue weighted by Crippen LogP contribution is -2.46. The Hall–Kier alpha value is -4.55. The maximum atomic E-state index is 13.4. The van der Waals surface area contributed by atoms with E-state index < -0.39 is 20.9 Å². The molecular formula is C42H46ClN7O6S3. The van der Waals surface area contributed by atoms with Crippen LogP contribution in [0.5, 0.6) is 0 Å². The molecule has 17 heteroatoms. The van der Waals surface area contributed by atoms with E-state index in [9.17, 15) is 23.3 Å². The van der Waals surface area contributed by atoms with Crippen molar-refractivity contribution in [2.45, 2.75) is 34.7 Å². The van der Waals surface area contributed by atoms with Gasteiger partial charge in [0, 0.05) is 98.1 Å². The molecule has 0 aliphatic carbocycles. The molecule has 2 saturated heterocycles. The van der Waals surface area contributed by atoms with Crippen molar-refractivity contribution < 1.29 is 22.9 Å². The predicted octanol–water partition coefficient (Wildman–Crippen LogP) is 7.50. The van der Waals surface area contributed by atoms with Crippen LogP contribution in [0.2, 0.25) is 5.02 Å². The van der Waals surface area contributed by atoms with E-state index in [-0.39, 0.29) is 27.9 Å². The lowest BCUT2D eigenvalue weighted by atomic mass is 9.99. The van der Waals surface area contributed by atoms with E-state index in [0.29, 0.717) is 24.7 Å². The molecule has 0 spiro atoms. The lowest BCUT2D eigenvalue weighted by molar-refractivity contribution is -0.384. The van der Waals surface area contributed by atoms with E-state index in [1.54, 1.807) is 41.4 Å². The van der Waals surface area contributed by atoms with E-state index in [2.05, 4.69) is 47.9 Å². The standard InChI is InChI=1S/C42H46ClN7O6S3/c43-34-9-5-31(6-10-34)38-4-2-1-3-33(38)30-48-19-21-49(22-20-48)36-11-7-32(8-12-36)41(51)46-59(54,55)37-13-14-39(40(29-37)50(52)53)45-35(15-18-47-23-25-56-26-24-47)16-27-57-42-44-17-28-58-42/h1-14,17,28-29,35,45H,15-16,18-27,30H2,(H,46,51)/t35-/m1/s1. The summed E-state index contributed by atoms with van der Waals surface area (Å²) in [5.41, 5.74) is 4.46. The number of ether oxygens (including phenoxy) is 1. The van der Waals surface area contributed by atoms with Gasteiger partial charge in [0.1, 0.15) is 10.0 Å². The highest BCUT2D eigenvalue weighted by atomic mass is 35.5. The number of sulfonamides is 1. The molecule has 7 rings (SSSR count). The second kappa shape index (κ2) is 20.1. The van der Waals surface area contributed by atoms with Gasteiger partial charge in [-0.3, -0.25) is 24.7 Å². The Kier molecular flexibility index (Phi) is 14.5. The zero-order valence-electron chi connectivity index (χ0n) is 32.4. The molecule has 5 aromatic rings. The summed E-state index contributed by atoms with van der Waals surface area (Å²) >= 11 is 9.31. The van der Waals surface area contributed by atoms with Crippen molar-refractivity contribution in [3.63, 3.8) is 0 Å². The van der Waals surface area contributed by atoms with E-state index >= 15 is 0 Å². The Balaban J connectivity index is 0.950. The number of nitrogens with zero attached hydrogens (tertiary/aromatic N) is 5. The second-order valence-corrected chi connectivity index (χ2v) is 18.7. The number of carbonyl (C=O) groups is 1. The van der Waals surface area contributed by atoms with E-state index in [1.165, 1.54) is 23.3 Å². The molecule has 3 heterocycles. The number of aromatic nitrogens is 1. The Morgan fingerprint density at radius 1 is 0.932 bits per heavy atom. The smallest absolute Gasteiger partial charge is 0.293 e. The van der Waals surface area contributed by atoms with Crippen LogP contribution in [0, 0.1) is 10.1 Å². The number of carbonyl (C=O) groups excluding carboxylic acids is 1. The van der Waals surface area contributed by atoms with Crippen molar-refractivity contribution in [3.8, 4) is 11.1 Å². The Morgan fingerprint density at radius 2 is 1.68 bits per heavy atom. The minimum Gasteiger partial charge on any atom is -0.379 e. The predicted molar refractivity (Wildman–Crippen MR) is 235 cm³/mol. The van der Waals surface area contributed by atoms with Crippen molar-refractivity contribution in [3.05, 3.63) is 129 Å². The van der Waals surface area contributed by atoms with Gasteiger partial charge in [0.2, 0.25) is 0 Å². The SMILES string of the molecule is O=C(NS(=O)(=O)c1ccc(N[C@@H](CCSc2nccs2)CCN2CCOCC2)c([N+](=O)[O-])c1)c1ccc(N2CCN(Cc3ccccc3-c3ccc(Cl)cc3)CC2)cc1. The number of halogens is 1. The molecule has 4 aromatic carbocycles. The largest absolute Gasteiger partial charge is 0.379 e. The molecule has 2 fully saturated rings. The molecule has 1 amide bonds. The van der Waals surface area contributed by atoms with Crippen molar-refractivity contribution in [1.29, 1.82) is 0 Å². The van der Waals surface area contributed by atoms with Crippen LogP contribution in [0.15, 0.2) is 112 Å². The number of rotatable bonds is 17. The summed E-state index contributed by atoms with van der Waals surface area (Å²) in [5.74, 6) is -0.0772. The van der Waals surface area contributed by atoms with Crippen LogP contribution in [0.25, 0.3) is 11.1 Å². The molecule has 2 aliphatic rings. The van der Waals surface area contributed by atoms with Crippen LogP contribution in [0.4, 0.5) is 17.1 Å². The lowest BCUT2D eigenvalue weighted by Gasteiger charge is -2.36. The normalized spacial score (nSPS) is 15.8. The average Bonchev–Trinajstić information content (AvgIpc) is 3.77. The molecule has 1 aromatic heterocycles. The van der Waals surface area contributed by atoms with Gasteiger partial charge in [-0.2, -0.15) is 0 Å². The fourth-order valence-electron chi connectivity index (χ4n) is 7.23. The van der Waals surface area contributed by atoms with Gasteiger partial charge in [-0.25, -0.2) is 18.1 Å². The highest BCUT2D eigenvalue weighted by Gasteiger charge is 2.26. The summed E-state index contributed by atoms with van der Waals surface area (Å²) in [6.07, 6.45) is 3.19. The maximum absolute atomic E-state index is 13.4. The Morgan fingerprint density at radius 3 is 2.39 bits per heavy atom. The van der Waals surface area contributed by atoms with Crippen molar-refractivity contribution in [2.75, 3.05) is 75.0 Å². The van der Waals surface area contributed by atoms with Crippen molar-refractivity contribution in [1.82, 2.24) is 19.5 Å². The maximum Gasteiger partial charge on any atom is 0.293 e. The van der Waals surface area contributed by atoms with Gasteiger partial charge in [0.15, 0.2) is 0 Å². The number of nitrogens with one attached hydrogen (secondary N) is 2. The number of thiazole rings is 1. The van der Waals surface area contributed by atoms with Gasteiger partial charge in [-0.1, -0.05) is 59.8 Å². The van der Waals surface area contributed by atoms with Crippen LogP contribution >= 0.6 is 34.7 Å². The van der Waals surface area contributed by atoms with Gasteiger partial charge in [0.25, 0.3) is 21.6 Å². The molecular weight excluding hydrogens is 830 g/mol. The first-order valence-corrected chi connectivity index (χ1v) is 23.2. The molecule has 0 unspecified atom stereocenters. The number of hydrogen-bond donors (Lipinski definition) is 2. The fourth-order valence-corrected chi connectivity index (χ4v) is 10.1. The zero-order chi connectivity index (χ0) is 41.2. The summed E-state index contributed by atoms with van der Waals surface area (Å²) in [6.45, 7) is 7.84. The monoisotopic (exact) mass is 875 g/mol. The molecule has 0 radical (unpaired) electrons. The van der Waals surface area contributed by atoms with Crippen LogP contribution < -0.4 is 14.9 Å². The third kappa shape index (κ3) is 11.6. The van der Waals surface area contributed by atoms with Crippen molar-refractivity contribution >= 4 is 67.7 Å². The summed E-state index contributed by atoms with van der Waals surface area (Å²) < 4.78 is 35.4. The average molecular weight is 877 g/mol. The van der Waals surface area contributed by atoms with Crippen LogP contribution in [0.3, 0.4) is 0 Å². The molecule has 1 atom stereocenters. The zero-order valence-corrected chi connectivity index (χ0v) is 35.6. The second-order valence-electron chi connectivity index (χ2n) is 14.4. The first-order chi connectivity index (χ1) is 28.6. The fraction of sp³-hybridized carbons (Fsp3) is 0.333. The molecule has 0 bridgehead atoms. The summed E-state index contributed by atoms with van der Waals surface area (Å²) in [5, 5.41) is 18.2. The first-order valence-electron chi connectivity index (χ1n) is 19.5. The Labute approximate surface area is 357 Å². The van der Waals surface area contributed by atoms with Gasteiger partial charge in [-0.05, 0) is 78.1 Å². The number of thioether (sulfide) groups is 1. The Bertz CT molecular complexity index is 2290. The molecule has 2 N–H and O–H groups in total. The van der Waals surface area contributed by atoms with E-state index in [4.69, 9.17) is 16.3 Å². The number of hydrogen-bond acceptors (Lipinski definition) is 13. The summed E-state index contributed by atoms with van der Waals surface area (Å²) in [7, 11) is -4.44. The highest BCUT2D eigenvalue weighted by molar-refractivity contribution is 8.01. The van der Waals surface area contributed by atoms with Crippen LogP contribution in [-0.2, 0) is 21.3 Å². The molecule has 310 valence electrons. The number of morpholine rings is 1. The van der Waals surface area contributed by atoms with E-state index in [1.807, 2.05) is 47.8 Å². The van der Waals surface area contributed by atoms with Gasteiger partial charge in [0.05, 0.1) is 23.0 Å².